The maximum absolute atomic E-state index is 12.9. The van der Waals surface area contributed by atoms with E-state index in [1.54, 1.807) is 17.7 Å². The third kappa shape index (κ3) is 3.65. The van der Waals surface area contributed by atoms with E-state index in [2.05, 4.69) is 15.2 Å². The fourth-order valence-electron chi connectivity index (χ4n) is 2.81. The topological polar surface area (TPSA) is 101 Å². The van der Waals surface area contributed by atoms with Crippen molar-refractivity contribution in [3.05, 3.63) is 41.9 Å². The maximum Gasteiger partial charge on any atom is 0.323 e. The molecule has 0 aliphatic heterocycles. The van der Waals surface area contributed by atoms with E-state index in [0.29, 0.717) is 23.0 Å². The minimum atomic E-state index is -0.959. The van der Waals surface area contributed by atoms with E-state index in [1.807, 2.05) is 31.2 Å². The number of aromatic amines is 1. The zero-order valence-electron chi connectivity index (χ0n) is 14.6. The fourth-order valence-corrected chi connectivity index (χ4v) is 3.75. The molecule has 3 aromatic rings. The number of carboxylic acid groups (broad SMARTS) is 1. The molecule has 2 heterocycles. The Kier molecular flexibility index (Phi) is 5.41. The van der Waals surface area contributed by atoms with Crippen LogP contribution in [-0.4, -0.2) is 41.9 Å². The average molecular weight is 372 g/mol. The van der Waals surface area contributed by atoms with Crippen molar-refractivity contribution in [3.8, 4) is 0 Å². The number of ketones is 1. The number of carbonyl (C=O) groups is 2. The molecule has 136 valence electrons. The first-order valence-electron chi connectivity index (χ1n) is 8.42. The fraction of sp³-hybridized carbons (Fsp3) is 0.333. The number of rotatable bonds is 8. The lowest BCUT2D eigenvalue weighted by molar-refractivity contribution is -0.137. The molecule has 2 N–H and O–H groups in total. The molecule has 0 aliphatic carbocycles. The molecule has 0 radical (unpaired) electrons. The maximum atomic E-state index is 12.9. The van der Waals surface area contributed by atoms with Crippen molar-refractivity contribution < 1.29 is 14.7 Å². The van der Waals surface area contributed by atoms with Gasteiger partial charge in [-0.05, 0) is 19.4 Å². The minimum absolute atomic E-state index is 0.0330. The van der Waals surface area contributed by atoms with Crippen molar-refractivity contribution >= 4 is 34.4 Å². The SMILES string of the molecule is CCCc1nnc(SC(C)C(=O)c2c[nH]c3ccccc23)n1CC(=O)O. The summed E-state index contributed by atoms with van der Waals surface area (Å²) >= 11 is 1.24. The van der Waals surface area contributed by atoms with Crippen LogP contribution >= 0.6 is 11.8 Å². The molecule has 1 aromatic carbocycles. The Morgan fingerprint density at radius 2 is 2.08 bits per heavy atom. The number of nitrogens with zero attached hydrogens (tertiary/aromatic N) is 3. The van der Waals surface area contributed by atoms with Gasteiger partial charge >= 0.3 is 5.97 Å². The Morgan fingerprint density at radius 3 is 2.81 bits per heavy atom. The molecule has 0 saturated heterocycles. The standard InChI is InChI=1S/C18H20N4O3S/c1-3-6-15-20-21-18(22(15)10-16(23)24)26-11(2)17(25)13-9-19-14-8-5-4-7-12(13)14/h4-5,7-9,11,19H,3,6,10H2,1-2H3,(H,23,24). The lowest BCUT2D eigenvalue weighted by Gasteiger charge is -2.11. The summed E-state index contributed by atoms with van der Waals surface area (Å²) in [6, 6.07) is 7.63. The number of aryl methyl sites for hydroxylation is 1. The molecule has 7 nitrogen and oxygen atoms in total. The van der Waals surface area contributed by atoms with Gasteiger partial charge in [0.05, 0.1) is 5.25 Å². The van der Waals surface area contributed by atoms with Crippen LogP contribution in [0.5, 0.6) is 0 Å². The molecule has 3 rings (SSSR count). The van der Waals surface area contributed by atoms with E-state index in [9.17, 15) is 9.59 Å². The van der Waals surface area contributed by atoms with Gasteiger partial charge in [0.2, 0.25) is 0 Å². The number of H-pyrrole nitrogens is 1. The number of thioether (sulfide) groups is 1. The number of fused-ring (bicyclic) bond motifs is 1. The van der Waals surface area contributed by atoms with Crippen molar-refractivity contribution in [2.75, 3.05) is 0 Å². The van der Waals surface area contributed by atoms with Crippen LogP contribution in [0.25, 0.3) is 10.9 Å². The number of carboxylic acids is 1. The third-order valence-corrected chi connectivity index (χ3v) is 5.15. The first-order valence-corrected chi connectivity index (χ1v) is 9.30. The number of benzene rings is 1. The van der Waals surface area contributed by atoms with Gasteiger partial charge in [0.1, 0.15) is 12.4 Å². The number of carbonyl (C=O) groups excluding carboxylic acids is 1. The highest BCUT2D eigenvalue weighted by atomic mass is 32.2. The number of nitrogens with one attached hydrogen (secondary N) is 1. The summed E-state index contributed by atoms with van der Waals surface area (Å²) in [5, 5.41) is 18.3. The van der Waals surface area contributed by atoms with Crippen LogP contribution in [0.15, 0.2) is 35.6 Å². The van der Waals surface area contributed by atoms with Crippen LogP contribution in [0.1, 0.15) is 36.5 Å². The van der Waals surface area contributed by atoms with Crippen LogP contribution < -0.4 is 0 Å². The van der Waals surface area contributed by atoms with Gasteiger partial charge in [-0.25, -0.2) is 0 Å². The second kappa shape index (κ2) is 7.74. The van der Waals surface area contributed by atoms with Gasteiger partial charge in [-0.1, -0.05) is 36.9 Å². The predicted molar refractivity (Wildman–Crippen MR) is 99.6 cm³/mol. The molecule has 0 bridgehead atoms. The lowest BCUT2D eigenvalue weighted by Crippen LogP contribution is -2.17. The Labute approximate surface area is 154 Å². The summed E-state index contributed by atoms with van der Waals surface area (Å²) in [7, 11) is 0. The van der Waals surface area contributed by atoms with E-state index in [-0.39, 0.29) is 12.3 Å². The number of hydrogen-bond donors (Lipinski definition) is 2. The largest absolute Gasteiger partial charge is 0.480 e. The zero-order valence-corrected chi connectivity index (χ0v) is 15.4. The third-order valence-electron chi connectivity index (χ3n) is 4.07. The molecular weight excluding hydrogens is 352 g/mol. The van der Waals surface area contributed by atoms with Crippen LogP contribution in [0.2, 0.25) is 0 Å². The minimum Gasteiger partial charge on any atom is -0.480 e. The highest BCUT2D eigenvalue weighted by Crippen LogP contribution is 2.28. The number of aromatic nitrogens is 4. The zero-order chi connectivity index (χ0) is 18.7. The van der Waals surface area contributed by atoms with Crippen molar-refractivity contribution in [2.24, 2.45) is 0 Å². The molecule has 0 amide bonds. The van der Waals surface area contributed by atoms with E-state index in [0.717, 1.165) is 17.3 Å². The number of aliphatic carboxylic acids is 1. The second-order valence-corrected chi connectivity index (χ2v) is 7.31. The molecule has 0 fully saturated rings. The monoisotopic (exact) mass is 372 g/mol. The van der Waals surface area contributed by atoms with Crippen LogP contribution in [-0.2, 0) is 17.8 Å². The van der Waals surface area contributed by atoms with Gasteiger partial charge < -0.3 is 10.1 Å². The lowest BCUT2D eigenvalue weighted by atomic mass is 10.1. The van der Waals surface area contributed by atoms with Crippen molar-refractivity contribution in [1.82, 2.24) is 19.7 Å². The van der Waals surface area contributed by atoms with E-state index < -0.39 is 11.2 Å². The van der Waals surface area contributed by atoms with Crippen LogP contribution in [0, 0.1) is 0 Å². The summed E-state index contributed by atoms with van der Waals surface area (Å²) in [6.07, 6.45) is 3.20. The molecule has 26 heavy (non-hydrogen) atoms. The quantitative estimate of drug-likeness (QED) is 0.465. The smallest absolute Gasteiger partial charge is 0.323 e. The van der Waals surface area contributed by atoms with Gasteiger partial charge in [0, 0.05) is 29.1 Å². The number of hydrogen-bond acceptors (Lipinski definition) is 5. The first-order chi connectivity index (χ1) is 12.5. The van der Waals surface area contributed by atoms with Gasteiger partial charge in [-0.2, -0.15) is 0 Å². The Bertz CT molecular complexity index is 947. The van der Waals surface area contributed by atoms with Crippen molar-refractivity contribution in [3.63, 3.8) is 0 Å². The normalized spacial score (nSPS) is 12.4. The number of para-hydroxylation sites is 1. The molecule has 1 unspecified atom stereocenters. The van der Waals surface area contributed by atoms with Crippen LogP contribution in [0.3, 0.4) is 0 Å². The summed E-state index contributed by atoms with van der Waals surface area (Å²) in [4.78, 5) is 27.2. The Morgan fingerprint density at radius 1 is 1.31 bits per heavy atom. The van der Waals surface area contributed by atoms with E-state index >= 15 is 0 Å². The summed E-state index contributed by atoms with van der Waals surface area (Å²) in [6.45, 7) is 3.59. The average Bonchev–Trinajstić information content (AvgIpc) is 3.20. The molecule has 1 atom stereocenters. The Hall–Kier alpha value is -2.61. The predicted octanol–water partition coefficient (Wildman–Crippen LogP) is 3.16. The van der Waals surface area contributed by atoms with Crippen molar-refractivity contribution in [1.29, 1.82) is 0 Å². The molecule has 2 aromatic heterocycles. The highest BCUT2D eigenvalue weighted by Gasteiger charge is 2.23. The van der Waals surface area contributed by atoms with Crippen LogP contribution in [0.4, 0.5) is 0 Å². The molecule has 0 saturated carbocycles. The second-order valence-electron chi connectivity index (χ2n) is 6.00. The molecular formula is C18H20N4O3S. The Balaban J connectivity index is 1.84. The van der Waals surface area contributed by atoms with Gasteiger partial charge in [0.25, 0.3) is 0 Å². The van der Waals surface area contributed by atoms with Crippen molar-refractivity contribution in [2.45, 2.75) is 43.6 Å². The van der Waals surface area contributed by atoms with Gasteiger partial charge in [0.15, 0.2) is 10.9 Å². The van der Waals surface area contributed by atoms with Gasteiger partial charge in [-0.15, -0.1) is 10.2 Å². The first kappa shape index (κ1) is 18.2. The summed E-state index contributed by atoms with van der Waals surface area (Å²) < 4.78 is 1.58. The van der Waals surface area contributed by atoms with E-state index in [4.69, 9.17) is 5.11 Å². The van der Waals surface area contributed by atoms with Gasteiger partial charge in [-0.3, -0.25) is 14.2 Å². The highest BCUT2D eigenvalue weighted by molar-refractivity contribution is 8.00. The molecule has 8 heteroatoms. The molecule has 0 aliphatic rings. The van der Waals surface area contributed by atoms with E-state index in [1.165, 1.54) is 11.8 Å². The summed E-state index contributed by atoms with van der Waals surface area (Å²) in [5.41, 5.74) is 1.53. The molecule has 0 spiro atoms. The number of Topliss-reactive ketones (excluding diaryl/α,β-unsaturated/α-hetero) is 1. The summed E-state index contributed by atoms with van der Waals surface area (Å²) in [5.74, 6) is -0.363.